The highest BCUT2D eigenvalue weighted by molar-refractivity contribution is 5.13. The summed E-state index contributed by atoms with van der Waals surface area (Å²) in [6, 6.07) is 2.13. The van der Waals surface area contributed by atoms with Crippen LogP contribution in [0.4, 0.5) is 0 Å². The van der Waals surface area contributed by atoms with Gasteiger partial charge in [-0.15, -0.1) is 0 Å². The van der Waals surface area contributed by atoms with Gasteiger partial charge < -0.3 is 10.7 Å². The summed E-state index contributed by atoms with van der Waals surface area (Å²) in [5.41, 5.74) is 6.81. The molecule has 1 atom stereocenters. The van der Waals surface area contributed by atoms with E-state index in [4.69, 9.17) is 5.73 Å². The fourth-order valence-corrected chi connectivity index (χ4v) is 1.23. The molecule has 0 aliphatic heterocycles. The summed E-state index contributed by atoms with van der Waals surface area (Å²) in [6.07, 6.45) is 6.33. The first-order valence-electron chi connectivity index (χ1n) is 4.17. The van der Waals surface area contributed by atoms with E-state index in [9.17, 15) is 0 Å². The molecule has 1 heterocycles. The van der Waals surface area contributed by atoms with Gasteiger partial charge in [-0.1, -0.05) is 6.92 Å². The van der Waals surface area contributed by atoms with Gasteiger partial charge in [-0.25, -0.2) is 0 Å². The summed E-state index contributed by atoms with van der Waals surface area (Å²) >= 11 is 0. The minimum atomic E-state index is 0.643. The summed E-state index contributed by atoms with van der Waals surface area (Å²) in [5, 5.41) is 0. The third-order valence-corrected chi connectivity index (χ3v) is 2.03. The van der Waals surface area contributed by atoms with Crippen LogP contribution in [0.2, 0.25) is 0 Å². The molecule has 0 radical (unpaired) electrons. The molecule has 0 bridgehead atoms. The van der Waals surface area contributed by atoms with E-state index in [0.29, 0.717) is 5.92 Å². The van der Waals surface area contributed by atoms with Crippen molar-refractivity contribution in [1.82, 2.24) is 4.98 Å². The largest absolute Gasteiger partial charge is 0.367 e. The Bertz CT molecular complexity index is 179. The van der Waals surface area contributed by atoms with E-state index in [1.54, 1.807) is 0 Å². The maximum atomic E-state index is 5.42. The van der Waals surface area contributed by atoms with Gasteiger partial charge in [0.1, 0.15) is 0 Å². The highest BCUT2D eigenvalue weighted by Crippen LogP contribution is 2.18. The highest BCUT2D eigenvalue weighted by Gasteiger charge is 2.03. The molecule has 0 saturated heterocycles. The smallest absolute Gasteiger partial charge is 0.00400 e. The van der Waals surface area contributed by atoms with E-state index in [1.165, 1.54) is 12.0 Å². The van der Waals surface area contributed by atoms with Crippen molar-refractivity contribution in [2.75, 3.05) is 6.54 Å². The van der Waals surface area contributed by atoms with Crippen molar-refractivity contribution in [3.63, 3.8) is 0 Å². The maximum absolute atomic E-state index is 5.42. The second kappa shape index (κ2) is 4.19. The van der Waals surface area contributed by atoms with E-state index in [2.05, 4.69) is 24.2 Å². The zero-order chi connectivity index (χ0) is 8.10. The lowest BCUT2D eigenvalue weighted by Crippen LogP contribution is -2.01. The van der Waals surface area contributed by atoms with Crippen LogP contribution in [0.3, 0.4) is 0 Å². The van der Waals surface area contributed by atoms with E-state index < -0.39 is 0 Å². The Morgan fingerprint density at radius 2 is 2.45 bits per heavy atom. The van der Waals surface area contributed by atoms with Crippen LogP contribution < -0.4 is 5.73 Å². The van der Waals surface area contributed by atoms with E-state index in [1.807, 2.05) is 6.20 Å². The van der Waals surface area contributed by atoms with Gasteiger partial charge in [0.25, 0.3) is 0 Å². The molecule has 3 N–H and O–H groups in total. The normalized spacial score (nSPS) is 13.3. The number of hydrogen-bond acceptors (Lipinski definition) is 1. The van der Waals surface area contributed by atoms with Gasteiger partial charge in [-0.05, 0) is 36.9 Å². The quantitative estimate of drug-likeness (QED) is 0.679. The first kappa shape index (κ1) is 8.34. The van der Waals surface area contributed by atoms with Gasteiger partial charge >= 0.3 is 0 Å². The van der Waals surface area contributed by atoms with Crippen molar-refractivity contribution in [2.24, 2.45) is 5.73 Å². The Balaban J connectivity index is 2.36. The maximum Gasteiger partial charge on any atom is 0.00400 e. The number of hydrogen-bond donors (Lipinski definition) is 2. The van der Waals surface area contributed by atoms with Crippen LogP contribution >= 0.6 is 0 Å². The molecule has 1 aromatic rings. The van der Waals surface area contributed by atoms with Crippen LogP contribution in [0.25, 0.3) is 0 Å². The van der Waals surface area contributed by atoms with Crippen molar-refractivity contribution < 1.29 is 0 Å². The van der Waals surface area contributed by atoms with Crippen LogP contribution in [0, 0.1) is 0 Å². The lowest BCUT2D eigenvalue weighted by molar-refractivity contribution is 0.641. The molecule has 62 valence electrons. The summed E-state index contributed by atoms with van der Waals surface area (Å²) in [7, 11) is 0. The minimum Gasteiger partial charge on any atom is -0.367 e. The van der Waals surface area contributed by atoms with Gasteiger partial charge in [0.15, 0.2) is 0 Å². The highest BCUT2D eigenvalue weighted by atomic mass is 14.6. The van der Waals surface area contributed by atoms with Crippen molar-refractivity contribution in [3.8, 4) is 0 Å². The average Bonchev–Trinajstić information content (AvgIpc) is 2.52. The molecule has 1 unspecified atom stereocenters. The number of rotatable bonds is 4. The molecule has 0 spiro atoms. The van der Waals surface area contributed by atoms with Crippen LogP contribution in [0.15, 0.2) is 18.5 Å². The van der Waals surface area contributed by atoms with Gasteiger partial charge in [0.05, 0.1) is 0 Å². The number of nitrogens with one attached hydrogen (secondary N) is 1. The zero-order valence-electron chi connectivity index (χ0n) is 7.01. The fourth-order valence-electron chi connectivity index (χ4n) is 1.23. The SMILES string of the molecule is CC(CCCN)c1cc[nH]c1. The van der Waals surface area contributed by atoms with E-state index >= 15 is 0 Å². The minimum absolute atomic E-state index is 0.643. The Morgan fingerprint density at radius 3 is 3.00 bits per heavy atom. The molecule has 1 aromatic heterocycles. The molecular weight excluding hydrogens is 136 g/mol. The standard InChI is InChI=1S/C9H16N2/c1-8(3-2-5-10)9-4-6-11-7-9/h4,6-8,11H,2-3,5,10H2,1H3. The Labute approximate surface area is 67.8 Å². The Kier molecular flexibility index (Phi) is 3.17. The number of H-pyrrole nitrogens is 1. The molecule has 0 aromatic carbocycles. The van der Waals surface area contributed by atoms with Crippen molar-refractivity contribution in [3.05, 3.63) is 24.0 Å². The van der Waals surface area contributed by atoms with Gasteiger partial charge in [0.2, 0.25) is 0 Å². The molecule has 0 saturated carbocycles. The lowest BCUT2D eigenvalue weighted by Gasteiger charge is -2.07. The second-order valence-corrected chi connectivity index (χ2v) is 2.98. The molecular formula is C9H16N2. The molecule has 2 nitrogen and oxygen atoms in total. The first-order valence-corrected chi connectivity index (χ1v) is 4.17. The average molecular weight is 152 g/mol. The second-order valence-electron chi connectivity index (χ2n) is 2.98. The Hall–Kier alpha value is -0.760. The predicted octanol–water partition coefficient (Wildman–Crippen LogP) is 1.86. The third-order valence-electron chi connectivity index (χ3n) is 2.03. The summed E-state index contributed by atoms with van der Waals surface area (Å²) in [6.45, 7) is 3.04. The lowest BCUT2D eigenvalue weighted by atomic mass is 9.99. The van der Waals surface area contributed by atoms with Crippen LogP contribution in [0.1, 0.15) is 31.2 Å². The number of aromatic nitrogens is 1. The van der Waals surface area contributed by atoms with Crippen molar-refractivity contribution in [1.29, 1.82) is 0 Å². The first-order chi connectivity index (χ1) is 5.34. The molecule has 0 amide bonds. The summed E-state index contributed by atoms with van der Waals surface area (Å²) in [5.74, 6) is 0.643. The van der Waals surface area contributed by atoms with Crippen molar-refractivity contribution in [2.45, 2.75) is 25.7 Å². The van der Waals surface area contributed by atoms with Gasteiger partial charge in [-0.2, -0.15) is 0 Å². The molecule has 0 fully saturated rings. The monoisotopic (exact) mass is 152 g/mol. The molecule has 0 aliphatic rings. The zero-order valence-corrected chi connectivity index (χ0v) is 7.01. The van der Waals surface area contributed by atoms with Crippen molar-refractivity contribution >= 4 is 0 Å². The topological polar surface area (TPSA) is 41.8 Å². The van der Waals surface area contributed by atoms with E-state index in [-0.39, 0.29) is 0 Å². The summed E-state index contributed by atoms with van der Waals surface area (Å²) < 4.78 is 0. The van der Waals surface area contributed by atoms with Crippen LogP contribution in [-0.4, -0.2) is 11.5 Å². The predicted molar refractivity (Wildman–Crippen MR) is 47.5 cm³/mol. The van der Waals surface area contributed by atoms with Crippen LogP contribution in [-0.2, 0) is 0 Å². The number of nitrogens with two attached hydrogens (primary N) is 1. The van der Waals surface area contributed by atoms with Gasteiger partial charge in [0, 0.05) is 12.4 Å². The third kappa shape index (κ3) is 2.39. The van der Waals surface area contributed by atoms with Crippen LogP contribution in [0.5, 0.6) is 0 Å². The summed E-state index contributed by atoms with van der Waals surface area (Å²) in [4.78, 5) is 3.06. The number of aromatic amines is 1. The fraction of sp³-hybridized carbons (Fsp3) is 0.556. The molecule has 0 aliphatic carbocycles. The molecule has 11 heavy (non-hydrogen) atoms. The van der Waals surface area contributed by atoms with Gasteiger partial charge in [-0.3, -0.25) is 0 Å². The van der Waals surface area contributed by atoms with E-state index in [0.717, 1.165) is 13.0 Å². The molecule has 2 heteroatoms. The Morgan fingerprint density at radius 1 is 1.64 bits per heavy atom. The molecule has 1 rings (SSSR count).